The third-order valence-electron chi connectivity index (χ3n) is 0.726. The van der Waals surface area contributed by atoms with E-state index in [4.69, 9.17) is 0 Å². The van der Waals surface area contributed by atoms with Crippen LogP contribution in [0, 0.1) is 0 Å². The largest absolute Gasteiger partial charge is 0.452 e. The first-order valence-corrected chi connectivity index (χ1v) is 1.49. The van der Waals surface area contributed by atoms with E-state index in [9.17, 15) is 0 Å². The number of ether oxygens (including phenoxy) is 2. The molecule has 26 valence electrons. The number of hydrogen-bond donors (Lipinski definition) is 0. The Morgan fingerprint density at radius 3 is 2.60 bits per heavy atom. The van der Waals surface area contributed by atoms with Crippen molar-refractivity contribution >= 4 is 0 Å². The van der Waals surface area contributed by atoms with E-state index >= 15 is 0 Å². The van der Waals surface area contributed by atoms with Gasteiger partial charge in [0.05, 0.1) is 0 Å². The number of hydrogen-bond acceptors (Lipinski definition) is 2. The number of epoxide rings is 1. The van der Waals surface area contributed by atoms with Crippen molar-refractivity contribution < 1.29 is 9.47 Å². The lowest BCUT2D eigenvalue weighted by Gasteiger charge is -1.89. The lowest BCUT2D eigenvalue weighted by Crippen LogP contribution is -1.91. The molecular weight excluding hydrogens is 68.0 g/mol. The Labute approximate surface area is 29.0 Å². The van der Waals surface area contributed by atoms with Crippen molar-refractivity contribution in [2.24, 2.45) is 0 Å². The van der Waals surface area contributed by atoms with Gasteiger partial charge in [-0.05, 0) is 0 Å². The molecule has 1 saturated heterocycles. The summed E-state index contributed by atoms with van der Waals surface area (Å²) in [7, 11) is 0. The van der Waals surface area contributed by atoms with Crippen LogP contribution in [0.3, 0.4) is 0 Å². The van der Waals surface area contributed by atoms with E-state index in [1.165, 1.54) is 0 Å². The van der Waals surface area contributed by atoms with Crippen molar-refractivity contribution in [1.82, 2.24) is 0 Å². The highest BCUT2D eigenvalue weighted by Gasteiger charge is 2.42. The second kappa shape index (κ2) is 0.263. The van der Waals surface area contributed by atoms with Crippen molar-refractivity contribution in [3.05, 3.63) is 12.0 Å². The Kier molecular flexibility index (Phi) is 0.0893. The molecule has 0 saturated carbocycles. The van der Waals surface area contributed by atoms with Gasteiger partial charge in [0.1, 0.15) is 6.26 Å². The van der Waals surface area contributed by atoms with Crippen molar-refractivity contribution in [2.45, 2.75) is 6.29 Å². The average Bonchev–Trinajstić information content (AvgIpc) is 1.74. The summed E-state index contributed by atoms with van der Waals surface area (Å²) in [4.78, 5) is 0. The monoisotopic (exact) mass is 70.0 g/mol. The first-order valence-electron chi connectivity index (χ1n) is 1.49. The van der Waals surface area contributed by atoms with Gasteiger partial charge in [0, 0.05) is 0 Å². The quantitative estimate of drug-likeness (QED) is 0.380. The lowest BCUT2D eigenvalue weighted by atomic mass is 10.6. The fourth-order valence-corrected chi connectivity index (χ4v) is 0.324. The Bertz CT molecular complexity index is 93.1. The molecule has 2 rings (SSSR count). The van der Waals surface area contributed by atoms with Gasteiger partial charge >= 0.3 is 6.29 Å². The minimum absolute atomic E-state index is 0.0926. The second-order valence-electron chi connectivity index (χ2n) is 1.11. The van der Waals surface area contributed by atoms with Gasteiger partial charge < -0.3 is 9.47 Å². The van der Waals surface area contributed by atoms with Crippen LogP contribution in [0.1, 0.15) is 0 Å². The van der Waals surface area contributed by atoms with Crippen molar-refractivity contribution in [2.75, 3.05) is 0 Å². The molecular formula is C3H2O2. The molecule has 0 radical (unpaired) electrons. The Balaban J connectivity index is 2.58. The molecule has 5 heavy (non-hydrogen) atoms. The summed E-state index contributed by atoms with van der Waals surface area (Å²) in [5.74, 6) is 1.00. The van der Waals surface area contributed by atoms with E-state index < -0.39 is 0 Å². The highest BCUT2D eigenvalue weighted by Crippen LogP contribution is 2.36. The van der Waals surface area contributed by atoms with Crippen LogP contribution < -0.4 is 0 Å². The Morgan fingerprint density at radius 1 is 1.80 bits per heavy atom. The standard InChI is InChI=1S/C3H2O2/c1-2-3(4-1)5-2/h1,3H. The summed E-state index contributed by atoms with van der Waals surface area (Å²) >= 11 is 0. The Morgan fingerprint density at radius 2 is 2.60 bits per heavy atom. The summed E-state index contributed by atoms with van der Waals surface area (Å²) in [6.07, 6.45) is 1.71. The van der Waals surface area contributed by atoms with Crippen LogP contribution in [0.5, 0.6) is 0 Å². The van der Waals surface area contributed by atoms with Crippen LogP contribution in [0.2, 0.25) is 0 Å². The van der Waals surface area contributed by atoms with Crippen molar-refractivity contribution in [3.63, 3.8) is 0 Å². The van der Waals surface area contributed by atoms with Gasteiger partial charge in [-0.2, -0.15) is 0 Å². The predicted molar refractivity (Wildman–Crippen MR) is 14.0 cm³/mol. The van der Waals surface area contributed by atoms with Gasteiger partial charge in [-0.3, -0.25) is 0 Å². The van der Waals surface area contributed by atoms with E-state index in [0.717, 1.165) is 5.76 Å². The van der Waals surface area contributed by atoms with E-state index in [1.807, 2.05) is 0 Å². The second-order valence-corrected chi connectivity index (χ2v) is 1.11. The van der Waals surface area contributed by atoms with E-state index in [1.54, 1.807) is 6.26 Å². The third kappa shape index (κ3) is 0.0561. The molecule has 0 aromatic heterocycles. The molecule has 1 atom stereocenters. The fraction of sp³-hybridized carbons (Fsp3) is 0.333. The van der Waals surface area contributed by atoms with Crippen LogP contribution in [-0.4, -0.2) is 6.29 Å². The summed E-state index contributed by atoms with van der Waals surface area (Å²) in [6.45, 7) is 0. The smallest absolute Gasteiger partial charge is 0.302 e. The lowest BCUT2D eigenvalue weighted by molar-refractivity contribution is 0.131. The SMILES string of the molecule is C1=C2OC2O1. The van der Waals surface area contributed by atoms with E-state index in [2.05, 4.69) is 9.47 Å². The van der Waals surface area contributed by atoms with Gasteiger partial charge in [-0.1, -0.05) is 0 Å². The first-order chi connectivity index (χ1) is 2.47. The minimum atomic E-state index is 0.0926. The maximum atomic E-state index is 4.67. The van der Waals surface area contributed by atoms with Gasteiger partial charge in [0.25, 0.3) is 0 Å². The van der Waals surface area contributed by atoms with Crippen LogP contribution in [-0.2, 0) is 9.47 Å². The maximum absolute atomic E-state index is 4.67. The summed E-state index contributed by atoms with van der Waals surface area (Å²) in [5.41, 5.74) is 0. The normalized spacial score (nSPS) is 38.4. The molecule has 2 aliphatic heterocycles. The molecule has 2 heteroatoms. The van der Waals surface area contributed by atoms with Gasteiger partial charge in [0.15, 0.2) is 0 Å². The van der Waals surface area contributed by atoms with Gasteiger partial charge in [0.2, 0.25) is 5.76 Å². The predicted octanol–water partition coefficient (Wildman–Crippen LogP) is 0.214. The molecule has 1 unspecified atom stereocenters. The Hall–Kier alpha value is -0.660. The zero-order valence-electron chi connectivity index (χ0n) is 2.47. The first kappa shape index (κ1) is 1.70. The molecule has 0 spiro atoms. The zero-order chi connectivity index (χ0) is 3.28. The van der Waals surface area contributed by atoms with Crippen LogP contribution in [0.4, 0.5) is 0 Å². The highest BCUT2D eigenvalue weighted by atomic mass is 16.8. The number of rotatable bonds is 0. The summed E-state index contributed by atoms with van der Waals surface area (Å²) < 4.78 is 9.29. The zero-order valence-corrected chi connectivity index (χ0v) is 2.47. The van der Waals surface area contributed by atoms with Crippen molar-refractivity contribution in [1.29, 1.82) is 0 Å². The molecule has 2 aliphatic rings. The molecule has 2 heterocycles. The molecule has 0 N–H and O–H groups in total. The van der Waals surface area contributed by atoms with Gasteiger partial charge in [-0.25, -0.2) is 0 Å². The topological polar surface area (TPSA) is 21.8 Å². The van der Waals surface area contributed by atoms with E-state index in [-0.39, 0.29) is 6.29 Å². The molecule has 0 aromatic rings. The molecule has 1 fully saturated rings. The molecule has 0 aliphatic carbocycles. The van der Waals surface area contributed by atoms with E-state index in [0.29, 0.717) is 0 Å². The molecule has 0 aromatic carbocycles. The van der Waals surface area contributed by atoms with Gasteiger partial charge in [-0.15, -0.1) is 0 Å². The highest BCUT2D eigenvalue weighted by molar-refractivity contribution is 5.14. The van der Waals surface area contributed by atoms with Crippen LogP contribution >= 0.6 is 0 Å². The molecule has 2 nitrogen and oxygen atoms in total. The molecule has 0 bridgehead atoms. The van der Waals surface area contributed by atoms with Crippen LogP contribution in [0.25, 0.3) is 0 Å². The summed E-state index contributed by atoms with van der Waals surface area (Å²) in [6, 6.07) is 0. The summed E-state index contributed by atoms with van der Waals surface area (Å²) in [5, 5.41) is 0. The molecule has 0 amide bonds. The third-order valence-corrected chi connectivity index (χ3v) is 0.726. The minimum Gasteiger partial charge on any atom is -0.452 e. The number of fused-ring (bicyclic) bond motifs is 1. The van der Waals surface area contributed by atoms with Crippen molar-refractivity contribution in [3.8, 4) is 0 Å². The van der Waals surface area contributed by atoms with Crippen LogP contribution in [0.15, 0.2) is 12.0 Å². The fourth-order valence-electron chi connectivity index (χ4n) is 0.324. The average molecular weight is 70.0 g/mol. The maximum Gasteiger partial charge on any atom is 0.302 e.